The molecule has 37 heavy (non-hydrogen) atoms. The molecule has 3 fully saturated rings. The Bertz CT molecular complexity index is 1520. The summed E-state index contributed by atoms with van der Waals surface area (Å²) in [7, 11) is 0. The largest absolute Gasteiger partial charge is 0.493 e. The normalized spacial score (nSPS) is 28.0. The van der Waals surface area contributed by atoms with Crippen LogP contribution in [0, 0.1) is 23.2 Å². The zero-order valence-corrected chi connectivity index (χ0v) is 20.7. The lowest BCUT2D eigenvalue weighted by molar-refractivity contribution is -0.131. The number of carbonyl (C=O) groups is 3. The third kappa shape index (κ3) is 3.40. The Hall–Kier alpha value is -4.02. The molecule has 3 aliphatic heterocycles. The molecule has 3 heterocycles. The zero-order chi connectivity index (χ0) is 25.9. The van der Waals surface area contributed by atoms with E-state index in [9.17, 15) is 19.6 Å². The van der Waals surface area contributed by atoms with Gasteiger partial charge in [0.05, 0.1) is 47.0 Å². The van der Waals surface area contributed by atoms with E-state index in [1.807, 2.05) is 31.2 Å². The van der Waals surface area contributed by atoms with Crippen molar-refractivity contribution < 1.29 is 23.9 Å². The van der Waals surface area contributed by atoms with E-state index in [-0.39, 0.29) is 17.6 Å². The first-order valence-electron chi connectivity index (χ1n) is 12.5. The number of hydrogen-bond donors (Lipinski definition) is 0. The number of Topliss-reactive ketones (excluding diaryl/α,β-unsaturated/α-hetero) is 1. The van der Waals surface area contributed by atoms with Crippen molar-refractivity contribution in [3.8, 4) is 11.8 Å². The number of nitriles is 1. The van der Waals surface area contributed by atoms with Crippen LogP contribution in [0.5, 0.6) is 5.75 Å². The molecule has 186 valence electrons. The third-order valence-electron chi connectivity index (χ3n) is 8.31. The van der Waals surface area contributed by atoms with Crippen LogP contribution in [0.15, 0.2) is 60.7 Å². The number of amides is 2. The van der Waals surface area contributed by atoms with E-state index in [0.29, 0.717) is 59.2 Å². The monoisotopic (exact) mass is 494 g/mol. The molecule has 0 aromatic heterocycles. The Labute approximate surface area is 214 Å². The number of ketones is 1. The van der Waals surface area contributed by atoms with E-state index in [1.54, 1.807) is 36.4 Å². The standard InChI is InChI=1S/C30H26N2O5/c1-18(33)19-6-5-7-21(16-19)36-15-14-30-13-12-29(2,37-30)25-26(30)28(35)32(27(25)34)24-11-10-20(17-31)22-8-3-4-9-23(22)24/h3-11,16,25-26H,12-15H2,1-2H3. The number of nitrogens with zero attached hydrogens (tertiary/aromatic N) is 2. The molecule has 3 saturated heterocycles. The predicted octanol–water partition coefficient (Wildman–Crippen LogP) is 4.81. The Morgan fingerprint density at radius 3 is 2.57 bits per heavy atom. The molecule has 3 aliphatic rings. The van der Waals surface area contributed by atoms with Gasteiger partial charge in [-0.3, -0.25) is 14.4 Å². The molecule has 2 amide bonds. The number of ether oxygens (including phenoxy) is 2. The summed E-state index contributed by atoms with van der Waals surface area (Å²) >= 11 is 0. The summed E-state index contributed by atoms with van der Waals surface area (Å²) < 4.78 is 12.5. The number of anilines is 1. The Morgan fingerprint density at radius 2 is 1.81 bits per heavy atom. The first-order valence-corrected chi connectivity index (χ1v) is 12.5. The van der Waals surface area contributed by atoms with Crippen molar-refractivity contribution in [3.63, 3.8) is 0 Å². The van der Waals surface area contributed by atoms with Crippen molar-refractivity contribution in [3.05, 3.63) is 71.8 Å². The Morgan fingerprint density at radius 1 is 1.05 bits per heavy atom. The number of hydrogen-bond acceptors (Lipinski definition) is 6. The van der Waals surface area contributed by atoms with E-state index in [1.165, 1.54) is 11.8 Å². The quantitative estimate of drug-likeness (QED) is 0.360. The van der Waals surface area contributed by atoms with Gasteiger partial charge in [0.1, 0.15) is 5.75 Å². The minimum atomic E-state index is -0.790. The number of imide groups is 1. The van der Waals surface area contributed by atoms with Crippen LogP contribution in [0.25, 0.3) is 10.8 Å². The fraction of sp³-hybridized carbons (Fsp3) is 0.333. The zero-order valence-electron chi connectivity index (χ0n) is 20.7. The number of fused-ring (bicyclic) bond motifs is 6. The van der Waals surface area contributed by atoms with Crippen molar-refractivity contribution in [2.75, 3.05) is 11.5 Å². The van der Waals surface area contributed by atoms with Crippen LogP contribution in [0.3, 0.4) is 0 Å². The second kappa shape index (κ2) is 8.25. The minimum Gasteiger partial charge on any atom is -0.493 e. The van der Waals surface area contributed by atoms with E-state index in [2.05, 4.69) is 6.07 Å². The van der Waals surface area contributed by atoms with Crippen molar-refractivity contribution in [2.24, 2.45) is 11.8 Å². The van der Waals surface area contributed by atoms with Crippen LogP contribution in [0.4, 0.5) is 5.69 Å². The lowest BCUT2D eigenvalue weighted by Crippen LogP contribution is -2.43. The second-order valence-corrected chi connectivity index (χ2v) is 10.4. The smallest absolute Gasteiger partial charge is 0.240 e. The van der Waals surface area contributed by atoms with Crippen molar-refractivity contribution >= 4 is 34.1 Å². The van der Waals surface area contributed by atoms with Gasteiger partial charge in [0, 0.05) is 22.8 Å². The molecule has 0 radical (unpaired) electrons. The molecule has 6 rings (SSSR count). The SMILES string of the molecule is CC(=O)c1cccc(OCCC23CCC(C)(O2)C2C(=O)N(c4ccc(C#N)c5ccccc45)C(=O)C23)c1. The van der Waals surface area contributed by atoms with Gasteiger partial charge in [0.15, 0.2) is 5.78 Å². The van der Waals surface area contributed by atoms with Crippen molar-refractivity contribution in [1.82, 2.24) is 0 Å². The average molecular weight is 495 g/mol. The highest BCUT2D eigenvalue weighted by atomic mass is 16.5. The van der Waals surface area contributed by atoms with Gasteiger partial charge in [-0.1, -0.05) is 36.4 Å². The predicted molar refractivity (Wildman–Crippen MR) is 136 cm³/mol. The van der Waals surface area contributed by atoms with Gasteiger partial charge in [0.25, 0.3) is 0 Å². The van der Waals surface area contributed by atoms with Crippen LogP contribution in [0.1, 0.15) is 49.0 Å². The number of benzene rings is 3. The highest BCUT2D eigenvalue weighted by molar-refractivity contribution is 6.26. The first-order chi connectivity index (χ1) is 17.8. The second-order valence-electron chi connectivity index (χ2n) is 10.4. The molecule has 4 atom stereocenters. The average Bonchev–Trinajstić information content (AvgIpc) is 3.48. The molecule has 0 saturated carbocycles. The molecule has 0 spiro atoms. The van der Waals surface area contributed by atoms with Crippen LogP contribution in [-0.4, -0.2) is 35.4 Å². The molecular weight excluding hydrogens is 468 g/mol. The van der Waals surface area contributed by atoms with E-state index in [4.69, 9.17) is 9.47 Å². The summed E-state index contributed by atoms with van der Waals surface area (Å²) in [5, 5.41) is 10.9. The highest BCUT2D eigenvalue weighted by Gasteiger charge is 2.73. The summed E-state index contributed by atoms with van der Waals surface area (Å²) in [6, 6.07) is 19.9. The van der Waals surface area contributed by atoms with E-state index in [0.717, 1.165) is 0 Å². The Balaban J connectivity index is 1.31. The summed E-state index contributed by atoms with van der Waals surface area (Å²) in [6.45, 7) is 3.74. The van der Waals surface area contributed by atoms with Crippen LogP contribution < -0.4 is 9.64 Å². The molecule has 7 heteroatoms. The van der Waals surface area contributed by atoms with Gasteiger partial charge < -0.3 is 9.47 Å². The van der Waals surface area contributed by atoms with Crippen LogP contribution in [0.2, 0.25) is 0 Å². The van der Waals surface area contributed by atoms with Crippen molar-refractivity contribution in [1.29, 1.82) is 5.26 Å². The van der Waals surface area contributed by atoms with Gasteiger partial charge in [-0.2, -0.15) is 5.26 Å². The molecule has 3 aromatic carbocycles. The maximum atomic E-state index is 14.0. The fourth-order valence-corrected chi connectivity index (χ4v) is 6.57. The summed E-state index contributed by atoms with van der Waals surface area (Å²) in [5.74, 6) is -1.12. The molecule has 2 bridgehead atoms. The molecule has 4 unspecified atom stereocenters. The number of rotatable bonds is 6. The third-order valence-corrected chi connectivity index (χ3v) is 8.31. The maximum absolute atomic E-state index is 14.0. The molecule has 0 N–H and O–H groups in total. The molecular formula is C30H26N2O5. The van der Waals surface area contributed by atoms with E-state index >= 15 is 0 Å². The summed E-state index contributed by atoms with van der Waals surface area (Å²) in [4.78, 5) is 40.8. The van der Waals surface area contributed by atoms with Crippen LogP contribution in [-0.2, 0) is 14.3 Å². The lowest BCUT2D eigenvalue weighted by atomic mass is 9.67. The van der Waals surface area contributed by atoms with Gasteiger partial charge in [-0.05, 0) is 51.0 Å². The maximum Gasteiger partial charge on any atom is 0.240 e. The van der Waals surface area contributed by atoms with Crippen LogP contribution >= 0.6 is 0 Å². The minimum absolute atomic E-state index is 0.0388. The topological polar surface area (TPSA) is 96.7 Å². The van der Waals surface area contributed by atoms with Gasteiger partial charge in [-0.25, -0.2) is 4.90 Å². The van der Waals surface area contributed by atoms with Crippen molar-refractivity contribution in [2.45, 2.75) is 44.3 Å². The van der Waals surface area contributed by atoms with E-state index < -0.39 is 23.0 Å². The highest BCUT2D eigenvalue weighted by Crippen LogP contribution is 2.62. The molecule has 3 aromatic rings. The first kappa shape index (κ1) is 23.4. The Kier molecular flexibility index (Phi) is 5.22. The van der Waals surface area contributed by atoms with Gasteiger partial charge >= 0.3 is 0 Å². The molecule has 0 aliphatic carbocycles. The molecule has 7 nitrogen and oxygen atoms in total. The lowest BCUT2D eigenvalue weighted by Gasteiger charge is -2.31. The fourth-order valence-electron chi connectivity index (χ4n) is 6.57. The van der Waals surface area contributed by atoms with Gasteiger partial charge in [0.2, 0.25) is 11.8 Å². The number of carbonyl (C=O) groups excluding carboxylic acids is 3. The van der Waals surface area contributed by atoms with Gasteiger partial charge in [-0.15, -0.1) is 0 Å². The summed E-state index contributed by atoms with van der Waals surface area (Å²) in [6.07, 6.45) is 1.81. The summed E-state index contributed by atoms with van der Waals surface area (Å²) in [5.41, 5.74) is 0.0685.